The molecule has 14 heavy (non-hydrogen) atoms. The van der Waals surface area contributed by atoms with Crippen LogP contribution in [0.4, 0.5) is 0 Å². The lowest BCUT2D eigenvalue weighted by Crippen LogP contribution is -2.30. The molecule has 1 aliphatic carbocycles. The standard InChI is InChI=1S/C13H21N/c1-10(2)12-6-4-5-11-7-8-14(3)9-13(11)12/h5,10H,4,6-9H2,1-3H3. The number of likely N-dealkylation sites (tertiary alicyclic amines) is 1. The molecule has 2 aliphatic rings. The average molecular weight is 191 g/mol. The number of rotatable bonds is 1. The summed E-state index contributed by atoms with van der Waals surface area (Å²) >= 11 is 0. The van der Waals surface area contributed by atoms with Crippen LogP contribution in [0.5, 0.6) is 0 Å². The fourth-order valence-electron chi connectivity index (χ4n) is 2.64. The van der Waals surface area contributed by atoms with Gasteiger partial charge in [0.15, 0.2) is 0 Å². The van der Waals surface area contributed by atoms with Crippen molar-refractivity contribution in [3.63, 3.8) is 0 Å². The topological polar surface area (TPSA) is 3.24 Å². The van der Waals surface area contributed by atoms with E-state index in [1.807, 2.05) is 0 Å². The molecule has 0 aromatic rings. The summed E-state index contributed by atoms with van der Waals surface area (Å²) < 4.78 is 0. The van der Waals surface area contributed by atoms with E-state index in [1.165, 1.54) is 32.4 Å². The zero-order chi connectivity index (χ0) is 10.1. The molecule has 0 aromatic heterocycles. The predicted octanol–water partition coefficient (Wildman–Crippen LogP) is 2.99. The van der Waals surface area contributed by atoms with E-state index >= 15 is 0 Å². The van der Waals surface area contributed by atoms with Gasteiger partial charge in [0, 0.05) is 13.1 Å². The molecular formula is C13H21N. The molecule has 78 valence electrons. The lowest BCUT2D eigenvalue weighted by Gasteiger charge is -2.33. The molecule has 1 nitrogen and oxygen atoms in total. The number of likely N-dealkylation sites (N-methyl/N-ethyl adjacent to an activating group) is 1. The molecule has 0 unspecified atom stereocenters. The Kier molecular flexibility index (Phi) is 2.78. The molecule has 1 fully saturated rings. The Morgan fingerprint density at radius 3 is 2.79 bits per heavy atom. The third-order valence-corrected chi connectivity index (χ3v) is 3.47. The molecule has 2 rings (SSSR count). The van der Waals surface area contributed by atoms with Gasteiger partial charge in [-0.2, -0.15) is 0 Å². The molecule has 1 aliphatic heterocycles. The number of fused-ring (bicyclic) bond motifs is 1. The molecule has 1 heterocycles. The van der Waals surface area contributed by atoms with Crippen LogP contribution in [-0.2, 0) is 0 Å². The Morgan fingerprint density at radius 1 is 1.29 bits per heavy atom. The summed E-state index contributed by atoms with van der Waals surface area (Å²) in [4.78, 5) is 2.44. The first-order valence-electron chi connectivity index (χ1n) is 5.78. The molecule has 0 aromatic carbocycles. The van der Waals surface area contributed by atoms with Crippen molar-refractivity contribution in [2.45, 2.75) is 33.1 Å². The quantitative estimate of drug-likeness (QED) is 0.616. The van der Waals surface area contributed by atoms with Crippen LogP contribution in [0.3, 0.4) is 0 Å². The van der Waals surface area contributed by atoms with Gasteiger partial charge in [-0.15, -0.1) is 0 Å². The molecule has 0 amide bonds. The normalized spacial score (nSPS) is 23.9. The van der Waals surface area contributed by atoms with Crippen molar-refractivity contribution in [1.29, 1.82) is 0 Å². The van der Waals surface area contributed by atoms with Crippen LogP contribution >= 0.6 is 0 Å². The van der Waals surface area contributed by atoms with Crippen molar-refractivity contribution >= 4 is 0 Å². The minimum absolute atomic E-state index is 0.736. The van der Waals surface area contributed by atoms with E-state index in [2.05, 4.69) is 31.9 Å². The Hall–Kier alpha value is -0.560. The minimum Gasteiger partial charge on any atom is -0.302 e. The van der Waals surface area contributed by atoms with Gasteiger partial charge in [-0.25, -0.2) is 0 Å². The number of hydrogen-bond acceptors (Lipinski definition) is 1. The zero-order valence-corrected chi connectivity index (χ0v) is 9.64. The summed E-state index contributed by atoms with van der Waals surface area (Å²) in [5, 5.41) is 0. The number of hydrogen-bond donors (Lipinski definition) is 0. The van der Waals surface area contributed by atoms with Gasteiger partial charge in [0.25, 0.3) is 0 Å². The Balaban J connectivity index is 2.30. The highest BCUT2D eigenvalue weighted by Gasteiger charge is 2.22. The highest BCUT2D eigenvalue weighted by atomic mass is 15.1. The molecular weight excluding hydrogens is 170 g/mol. The SMILES string of the molecule is CC(C)C1=C2CN(C)CCC2=CCC1. The summed E-state index contributed by atoms with van der Waals surface area (Å²) in [6.07, 6.45) is 6.30. The van der Waals surface area contributed by atoms with Crippen molar-refractivity contribution in [3.05, 3.63) is 22.8 Å². The second kappa shape index (κ2) is 3.90. The molecule has 0 saturated carbocycles. The van der Waals surface area contributed by atoms with Crippen LogP contribution in [0.25, 0.3) is 0 Å². The second-order valence-electron chi connectivity index (χ2n) is 4.91. The lowest BCUT2D eigenvalue weighted by molar-refractivity contribution is 0.342. The van der Waals surface area contributed by atoms with Gasteiger partial charge in [0.1, 0.15) is 0 Å². The monoisotopic (exact) mass is 191 g/mol. The summed E-state index contributed by atoms with van der Waals surface area (Å²) in [7, 11) is 2.23. The van der Waals surface area contributed by atoms with Gasteiger partial charge in [-0.3, -0.25) is 0 Å². The van der Waals surface area contributed by atoms with Crippen molar-refractivity contribution in [3.8, 4) is 0 Å². The third kappa shape index (κ3) is 1.78. The van der Waals surface area contributed by atoms with Crippen molar-refractivity contribution in [2.75, 3.05) is 20.1 Å². The van der Waals surface area contributed by atoms with E-state index in [1.54, 1.807) is 16.7 Å². The molecule has 0 atom stereocenters. The number of piperidine rings is 1. The fraction of sp³-hybridized carbons (Fsp3) is 0.692. The Labute approximate surface area is 87.5 Å². The summed E-state index contributed by atoms with van der Waals surface area (Å²) in [6, 6.07) is 0. The van der Waals surface area contributed by atoms with E-state index in [-0.39, 0.29) is 0 Å². The van der Waals surface area contributed by atoms with Gasteiger partial charge < -0.3 is 4.90 Å². The molecule has 0 bridgehead atoms. The fourth-order valence-corrected chi connectivity index (χ4v) is 2.64. The van der Waals surface area contributed by atoms with E-state index in [0.717, 1.165) is 5.92 Å². The molecule has 0 N–H and O–H groups in total. The van der Waals surface area contributed by atoms with Gasteiger partial charge in [0.2, 0.25) is 0 Å². The van der Waals surface area contributed by atoms with Crippen LogP contribution in [-0.4, -0.2) is 25.0 Å². The zero-order valence-electron chi connectivity index (χ0n) is 9.64. The van der Waals surface area contributed by atoms with Gasteiger partial charge in [-0.1, -0.05) is 25.5 Å². The molecule has 1 saturated heterocycles. The first-order valence-corrected chi connectivity index (χ1v) is 5.78. The number of allylic oxidation sites excluding steroid dienone is 2. The lowest BCUT2D eigenvalue weighted by atomic mass is 9.82. The van der Waals surface area contributed by atoms with Gasteiger partial charge in [-0.05, 0) is 43.4 Å². The maximum absolute atomic E-state index is 2.47. The van der Waals surface area contributed by atoms with E-state index in [9.17, 15) is 0 Å². The first kappa shape index (κ1) is 9.97. The van der Waals surface area contributed by atoms with Gasteiger partial charge >= 0.3 is 0 Å². The largest absolute Gasteiger partial charge is 0.302 e. The van der Waals surface area contributed by atoms with Crippen LogP contribution in [0.2, 0.25) is 0 Å². The van der Waals surface area contributed by atoms with Gasteiger partial charge in [0.05, 0.1) is 0 Å². The molecule has 1 heteroatoms. The van der Waals surface area contributed by atoms with Crippen LogP contribution in [0, 0.1) is 5.92 Å². The minimum atomic E-state index is 0.736. The average Bonchev–Trinajstić information content (AvgIpc) is 2.16. The molecule has 0 spiro atoms. The summed E-state index contributed by atoms with van der Waals surface area (Å²) in [5.41, 5.74) is 5.03. The van der Waals surface area contributed by atoms with E-state index in [0.29, 0.717) is 0 Å². The summed E-state index contributed by atoms with van der Waals surface area (Å²) in [5.74, 6) is 0.736. The first-order chi connectivity index (χ1) is 6.68. The summed E-state index contributed by atoms with van der Waals surface area (Å²) in [6.45, 7) is 7.08. The third-order valence-electron chi connectivity index (χ3n) is 3.47. The van der Waals surface area contributed by atoms with Crippen LogP contribution in [0.15, 0.2) is 22.8 Å². The smallest absolute Gasteiger partial charge is 0.0233 e. The van der Waals surface area contributed by atoms with E-state index < -0.39 is 0 Å². The highest BCUT2D eigenvalue weighted by molar-refractivity contribution is 5.41. The maximum atomic E-state index is 2.47. The predicted molar refractivity (Wildman–Crippen MR) is 61.3 cm³/mol. The Morgan fingerprint density at radius 2 is 2.07 bits per heavy atom. The van der Waals surface area contributed by atoms with Crippen molar-refractivity contribution in [2.24, 2.45) is 5.92 Å². The van der Waals surface area contributed by atoms with E-state index in [4.69, 9.17) is 0 Å². The maximum Gasteiger partial charge on any atom is 0.0233 e. The number of nitrogens with zero attached hydrogens (tertiary/aromatic N) is 1. The molecule has 0 radical (unpaired) electrons. The Bertz CT molecular complexity index is 284. The van der Waals surface area contributed by atoms with Crippen molar-refractivity contribution in [1.82, 2.24) is 4.90 Å². The highest BCUT2D eigenvalue weighted by Crippen LogP contribution is 2.34. The van der Waals surface area contributed by atoms with Crippen LogP contribution in [0.1, 0.15) is 33.1 Å². The second-order valence-corrected chi connectivity index (χ2v) is 4.91. The van der Waals surface area contributed by atoms with Crippen molar-refractivity contribution < 1.29 is 0 Å². The van der Waals surface area contributed by atoms with Crippen LogP contribution < -0.4 is 0 Å².